The molecule has 0 bridgehead atoms. The number of hydrogen-bond acceptors (Lipinski definition) is 2. The van der Waals surface area contributed by atoms with Gasteiger partial charge in [0, 0.05) is 0 Å². The lowest BCUT2D eigenvalue weighted by molar-refractivity contribution is -0.137. The van der Waals surface area contributed by atoms with Gasteiger partial charge in [-0.3, -0.25) is 4.79 Å². The molecular formula is C16H14F3NO2. The number of carbonyl (C=O) groups excluding carboxylic acids is 1. The van der Waals surface area contributed by atoms with Crippen molar-refractivity contribution in [3.8, 4) is 5.75 Å². The molecule has 6 heteroatoms. The zero-order valence-electron chi connectivity index (χ0n) is 11.8. The Balaban J connectivity index is 2.13. The Morgan fingerprint density at radius 2 is 1.77 bits per heavy atom. The average molecular weight is 309 g/mol. The fourth-order valence-electron chi connectivity index (χ4n) is 1.90. The first-order chi connectivity index (χ1) is 10.3. The number of ether oxygens (including phenoxy) is 1. The van der Waals surface area contributed by atoms with E-state index < -0.39 is 17.6 Å². The molecule has 116 valence electrons. The van der Waals surface area contributed by atoms with Gasteiger partial charge in [0.05, 0.1) is 11.1 Å². The number of amides is 1. The van der Waals surface area contributed by atoms with Crippen LogP contribution in [0.1, 0.15) is 27.0 Å². The number of benzene rings is 2. The highest BCUT2D eigenvalue weighted by molar-refractivity contribution is 5.95. The highest BCUT2D eigenvalue weighted by Crippen LogP contribution is 2.29. The molecule has 0 atom stereocenters. The number of aryl methyl sites for hydroxylation is 1. The summed E-state index contributed by atoms with van der Waals surface area (Å²) in [6.45, 7) is 1.87. The summed E-state index contributed by atoms with van der Waals surface area (Å²) in [6, 6.07) is 9.59. The van der Waals surface area contributed by atoms with E-state index in [1.54, 1.807) is 18.2 Å². The average Bonchev–Trinajstić information content (AvgIpc) is 2.44. The predicted molar refractivity (Wildman–Crippen MR) is 75.5 cm³/mol. The monoisotopic (exact) mass is 309 g/mol. The largest absolute Gasteiger partial charge is 0.488 e. The van der Waals surface area contributed by atoms with Crippen LogP contribution >= 0.6 is 0 Å². The molecule has 0 spiro atoms. The third-order valence-electron chi connectivity index (χ3n) is 3.08. The molecule has 1 amide bonds. The van der Waals surface area contributed by atoms with Crippen molar-refractivity contribution in [2.45, 2.75) is 19.7 Å². The second kappa shape index (κ2) is 6.09. The summed E-state index contributed by atoms with van der Waals surface area (Å²) < 4.78 is 42.9. The van der Waals surface area contributed by atoms with Crippen molar-refractivity contribution in [1.82, 2.24) is 0 Å². The number of rotatable bonds is 4. The van der Waals surface area contributed by atoms with Crippen LogP contribution in [0.5, 0.6) is 5.75 Å². The second-order valence-corrected chi connectivity index (χ2v) is 4.85. The summed E-state index contributed by atoms with van der Waals surface area (Å²) in [7, 11) is 0. The molecule has 3 nitrogen and oxygen atoms in total. The van der Waals surface area contributed by atoms with Crippen LogP contribution in [0, 0.1) is 6.92 Å². The smallest absolute Gasteiger partial charge is 0.416 e. The molecule has 2 aromatic carbocycles. The molecule has 0 saturated carbocycles. The van der Waals surface area contributed by atoms with E-state index in [2.05, 4.69) is 0 Å². The zero-order valence-corrected chi connectivity index (χ0v) is 11.8. The van der Waals surface area contributed by atoms with E-state index in [9.17, 15) is 18.0 Å². The molecule has 2 N–H and O–H groups in total. The van der Waals surface area contributed by atoms with Crippen LogP contribution in [0.3, 0.4) is 0 Å². The van der Waals surface area contributed by atoms with Gasteiger partial charge in [0.25, 0.3) is 5.91 Å². The van der Waals surface area contributed by atoms with Gasteiger partial charge in [0.15, 0.2) is 0 Å². The minimum absolute atomic E-state index is 0.0435. The van der Waals surface area contributed by atoms with E-state index >= 15 is 0 Å². The third-order valence-corrected chi connectivity index (χ3v) is 3.08. The van der Waals surface area contributed by atoms with Crippen LogP contribution in [0.2, 0.25) is 0 Å². The van der Waals surface area contributed by atoms with E-state index in [0.29, 0.717) is 11.3 Å². The van der Waals surface area contributed by atoms with Gasteiger partial charge in [0.2, 0.25) is 0 Å². The number of nitrogens with two attached hydrogens (primary N) is 1. The molecule has 22 heavy (non-hydrogen) atoms. The van der Waals surface area contributed by atoms with Gasteiger partial charge in [-0.2, -0.15) is 13.2 Å². The first-order valence-electron chi connectivity index (χ1n) is 6.47. The molecule has 0 aromatic heterocycles. The molecule has 0 aliphatic heterocycles. The van der Waals surface area contributed by atoms with Gasteiger partial charge in [-0.25, -0.2) is 0 Å². The quantitative estimate of drug-likeness (QED) is 0.936. The van der Waals surface area contributed by atoms with Gasteiger partial charge in [-0.1, -0.05) is 18.2 Å². The zero-order chi connectivity index (χ0) is 16.3. The lowest BCUT2D eigenvalue weighted by Gasteiger charge is -2.11. The minimum Gasteiger partial charge on any atom is -0.488 e. The van der Waals surface area contributed by atoms with Crippen molar-refractivity contribution in [2.24, 2.45) is 5.73 Å². The topological polar surface area (TPSA) is 52.3 Å². The van der Waals surface area contributed by atoms with Gasteiger partial charge < -0.3 is 10.5 Å². The molecule has 2 aromatic rings. The Morgan fingerprint density at radius 1 is 1.14 bits per heavy atom. The predicted octanol–water partition coefficient (Wildman–Crippen LogP) is 3.69. The number of primary amides is 1. The van der Waals surface area contributed by atoms with E-state index in [1.165, 1.54) is 12.1 Å². The third kappa shape index (κ3) is 3.78. The fourth-order valence-corrected chi connectivity index (χ4v) is 1.90. The molecule has 0 saturated heterocycles. The molecule has 0 radical (unpaired) electrons. The first kappa shape index (κ1) is 15.9. The highest BCUT2D eigenvalue weighted by Gasteiger charge is 2.29. The summed E-state index contributed by atoms with van der Waals surface area (Å²) in [5.41, 5.74) is 6.22. The molecular weight excluding hydrogens is 295 g/mol. The number of alkyl halides is 3. The van der Waals surface area contributed by atoms with Crippen LogP contribution in [-0.2, 0) is 12.8 Å². The lowest BCUT2D eigenvalue weighted by Crippen LogP contribution is -2.13. The molecule has 2 rings (SSSR count). The molecule has 0 aliphatic rings. The Labute approximate surface area is 125 Å². The van der Waals surface area contributed by atoms with Crippen molar-refractivity contribution in [1.29, 1.82) is 0 Å². The Hall–Kier alpha value is -2.50. The molecule has 0 unspecified atom stereocenters. The normalized spacial score (nSPS) is 11.3. The fraction of sp³-hybridized carbons (Fsp3) is 0.188. The SMILES string of the molecule is Cc1ccc(C(N)=O)c(OCc2ccc(C(F)(F)F)cc2)c1. The first-order valence-corrected chi connectivity index (χ1v) is 6.47. The number of halogens is 3. The van der Waals surface area contributed by atoms with Crippen LogP contribution in [0.4, 0.5) is 13.2 Å². The maximum Gasteiger partial charge on any atom is 0.416 e. The maximum absolute atomic E-state index is 12.5. The number of carbonyl (C=O) groups is 1. The van der Waals surface area contributed by atoms with Crippen LogP contribution in [0.25, 0.3) is 0 Å². The van der Waals surface area contributed by atoms with Gasteiger partial charge in [-0.05, 0) is 42.3 Å². The number of hydrogen-bond donors (Lipinski definition) is 1. The van der Waals surface area contributed by atoms with Crippen molar-refractivity contribution in [2.75, 3.05) is 0 Å². The van der Waals surface area contributed by atoms with E-state index in [-0.39, 0.29) is 12.2 Å². The minimum atomic E-state index is -4.37. The molecule has 0 aliphatic carbocycles. The Kier molecular flexibility index (Phi) is 4.40. The Bertz CT molecular complexity index is 679. The standard InChI is InChI=1S/C16H14F3NO2/c1-10-2-7-13(15(20)21)14(8-10)22-9-11-3-5-12(6-4-11)16(17,18)19/h2-8H,9H2,1H3,(H2,20,21). The maximum atomic E-state index is 12.5. The molecule has 0 heterocycles. The van der Waals surface area contributed by atoms with Gasteiger partial charge >= 0.3 is 6.18 Å². The summed E-state index contributed by atoms with van der Waals surface area (Å²) in [5.74, 6) is -0.310. The van der Waals surface area contributed by atoms with Crippen molar-refractivity contribution in [3.63, 3.8) is 0 Å². The van der Waals surface area contributed by atoms with Crippen LogP contribution in [-0.4, -0.2) is 5.91 Å². The van der Waals surface area contributed by atoms with Crippen molar-refractivity contribution >= 4 is 5.91 Å². The van der Waals surface area contributed by atoms with Crippen LogP contribution < -0.4 is 10.5 Å². The van der Waals surface area contributed by atoms with Gasteiger partial charge in [0.1, 0.15) is 12.4 Å². The van der Waals surface area contributed by atoms with Crippen LogP contribution in [0.15, 0.2) is 42.5 Å². The summed E-state index contributed by atoms with van der Waals surface area (Å²) >= 11 is 0. The van der Waals surface area contributed by atoms with E-state index in [0.717, 1.165) is 17.7 Å². The summed E-state index contributed by atoms with van der Waals surface area (Å²) in [6.07, 6.45) is -4.37. The summed E-state index contributed by atoms with van der Waals surface area (Å²) in [5, 5.41) is 0. The molecule has 0 fully saturated rings. The second-order valence-electron chi connectivity index (χ2n) is 4.85. The van der Waals surface area contributed by atoms with E-state index in [4.69, 9.17) is 10.5 Å². The lowest BCUT2D eigenvalue weighted by atomic mass is 10.1. The Morgan fingerprint density at radius 3 is 2.32 bits per heavy atom. The van der Waals surface area contributed by atoms with Crippen molar-refractivity contribution < 1.29 is 22.7 Å². The van der Waals surface area contributed by atoms with Crippen molar-refractivity contribution in [3.05, 3.63) is 64.7 Å². The van der Waals surface area contributed by atoms with E-state index in [1.807, 2.05) is 6.92 Å². The summed E-state index contributed by atoms with van der Waals surface area (Å²) in [4.78, 5) is 11.3. The highest BCUT2D eigenvalue weighted by atomic mass is 19.4. The van der Waals surface area contributed by atoms with Gasteiger partial charge in [-0.15, -0.1) is 0 Å².